The summed E-state index contributed by atoms with van der Waals surface area (Å²) >= 11 is 0. The number of rotatable bonds is 6. The molecule has 0 aromatic rings. The van der Waals surface area contributed by atoms with Gasteiger partial charge < -0.3 is 5.32 Å². The van der Waals surface area contributed by atoms with Crippen molar-refractivity contribution in [2.75, 3.05) is 0 Å². The Kier molecular flexibility index (Phi) is 7.90. The maximum atomic E-state index is 11.1. The van der Waals surface area contributed by atoms with E-state index in [0.29, 0.717) is 0 Å². The van der Waals surface area contributed by atoms with Gasteiger partial charge in [-0.15, -0.1) is 0 Å². The minimum Gasteiger partial charge on any atom is -0.350 e. The first-order chi connectivity index (χ1) is 6.66. The average Bonchev–Trinajstić information content (AvgIpc) is 2.10. The number of unbranched alkanes of at least 4 members (excludes halogenated alkanes) is 1. The van der Waals surface area contributed by atoms with Crippen molar-refractivity contribution < 1.29 is 4.79 Å². The molecule has 0 aromatic heterocycles. The zero-order valence-corrected chi connectivity index (χ0v) is 9.42. The lowest BCUT2D eigenvalue weighted by Crippen LogP contribution is -2.28. The van der Waals surface area contributed by atoms with E-state index >= 15 is 0 Å². The van der Waals surface area contributed by atoms with Gasteiger partial charge in [0, 0.05) is 6.04 Å². The van der Waals surface area contributed by atoms with Crippen molar-refractivity contribution in [2.24, 2.45) is 0 Å². The maximum absolute atomic E-state index is 11.1. The van der Waals surface area contributed by atoms with Crippen LogP contribution in [-0.2, 0) is 4.79 Å². The molecule has 2 nitrogen and oxygen atoms in total. The van der Waals surface area contributed by atoms with E-state index in [4.69, 9.17) is 0 Å². The van der Waals surface area contributed by atoms with Crippen LogP contribution >= 0.6 is 0 Å². The Labute approximate surface area is 87.1 Å². The van der Waals surface area contributed by atoms with Gasteiger partial charge in [-0.3, -0.25) is 4.79 Å². The van der Waals surface area contributed by atoms with Gasteiger partial charge in [-0.1, -0.05) is 25.2 Å². The molecule has 0 saturated heterocycles. The largest absolute Gasteiger partial charge is 0.350 e. The number of hydrogen-bond donors (Lipinski definition) is 1. The Bertz CT molecular complexity index is 204. The van der Waals surface area contributed by atoms with Gasteiger partial charge in [0.2, 0.25) is 5.91 Å². The summed E-state index contributed by atoms with van der Waals surface area (Å²) in [5.74, 6) is -0.000490. The van der Waals surface area contributed by atoms with Crippen molar-refractivity contribution in [3.8, 4) is 0 Å². The summed E-state index contributed by atoms with van der Waals surface area (Å²) in [5.41, 5.74) is 0. The molecule has 0 rings (SSSR count). The SMILES string of the molecule is CCC=CCCC=CC(=O)NC(C)C. The van der Waals surface area contributed by atoms with Gasteiger partial charge in [0.1, 0.15) is 0 Å². The number of nitrogens with one attached hydrogen (secondary N) is 1. The molecule has 0 atom stereocenters. The van der Waals surface area contributed by atoms with E-state index in [1.165, 1.54) is 0 Å². The average molecular weight is 195 g/mol. The first-order valence-electron chi connectivity index (χ1n) is 5.28. The van der Waals surface area contributed by atoms with E-state index in [-0.39, 0.29) is 11.9 Å². The van der Waals surface area contributed by atoms with Crippen LogP contribution < -0.4 is 5.32 Å². The Balaban J connectivity index is 3.52. The van der Waals surface area contributed by atoms with Crippen LogP contribution in [0.3, 0.4) is 0 Å². The van der Waals surface area contributed by atoms with Crippen LogP contribution in [0.4, 0.5) is 0 Å². The second kappa shape index (κ2) is 8.54. The van der Waals surface area contributed by atoms with Crippen LogP contribution in [0.15, 0.2) is 24.3 Å². The molecule has 0 aromatic carbocycles. The van der Waals surface area contributed by atoms with E-state index < -0.39 is 0 Å². The smallest absolute Gasteiger partial charge is 0.243 e. The molecule has 2 heteroatoms. The van der Waals surface area contributed by atoms with Gasteiger partial charge in [-0.2, -0.15) is 0 Å². The Hall–Kier alpha value is -1.05. The third-order valence-electron chi connectivity index (χ3n) is 1.60. The molecule has 0 unspecified atom stereocenters. The standard InChI is InChI=1S/C12H21NO/c1-4-5-6-7-8-9-10-12(14)13-11(2)3/h5-6,9-11H,4,7-8H2,1-3H3,(H,13,14). The van der Waals surface area contributed by atoms with Crippen LogP contribution in [0.5, 0.6) is 0 Å². The highest BCUT2D eigenvalue weighted by Crippen LogP contribution is 1.94. The number of carbonyl (C=O) groups excluding carboxylic acids is 1. The lowest BCUT2D eigenvalue weighted by molar-refractivity contribution is -0.116. The second-order valence-electron chi connectivity index (χ2n) is 3.52. The highest BCUT2D eigenvalue weighted by molar-refractivity contribution is 5.87. The Morgan fingerprint density at radius 1 is 1.21 bits per heavy atom. The minimum atomic E-state index is -0.000490. The van der Waals surface area contributed by atoms with Crippen LogP contribution in [0.2, 0.25) is 0 Å². The lowest BCUT2D eigenvalue weighted by Gasteiger charge is -2.03. The maximum Gasteiger partial charge on any atom is 0.243 e. The summed E-state index contributed by atoms with van der Waals surface area (Å²) in [5, 5.41) is 2.80. The van der Waals surface area contributed by atoms with E-state index in [2.05, 4.69) is 24.4 Å². The van der Waals surface area contributed by atoms with Crippen LogP contribution in [0.1, 0.15) is 40.0 Å². The number of hydrogen-bond acceptors (Lipinski definition) is 1. The molecule has 80 valence electrons. The summed E-state index contributed by atoms with van der Waals surface area (Å²) in [6, 6.07) is 0.215. The fourth-order valence-electron chi connectivity index (χ4n) is 1.000. The molecular weight excluding hydrogens is 174 g/mol. The molecule has 1 N–H and O–H groups in total. The van der Waals surface area contributed by atoms with E-state index in [1.807, 2.05) is 19.9 Å². The molecule has 0 heterocycles. The van der Waals surface area contributed by atoms with Crippen LogP contribution in [0.25, 0.3) is 0 Å². The molecule has 0 radical (unpaired) electrons. The number of amides is 1. The predicted octanol–water partition coefficient (Wildman–Crippen LogP) is 2.81. The number of allylic oxidation sites excluding steroid dienone is 3. The van der Waals surface area contributed by atoms with Gasteiger partial charge in [0.25, 0.3) is 0 Å². The minimum absolute atomic E-state index is 0.000490. The van der Waals surface area contributed by atoms with Crippen molar-refractivity contribution in [3.63, 3.8) is 0 Å². The second-order valence-corrected chi connectivity index (χ2v) is 3.52. The molecule has 0 spiro atoms. The molecule has 0 aliphatic rings. The van der Waals surface area contributed by atoms with Crippen molar-refractivity contribution in [2.45, 2.75) is 46.1 Å². The molecule has 0 saturated carbocycles. The quantitative estimate of drug-likeness (QED) is 0.394. The lowest BCUT2D eigenvalue weighted by atomic mass is 10.2. The molecule has 14 heavy (non-hydrogen) atoms. The monoisotopic (exact) mass is 195 g/mol. The summed E-state index contributed by atoms with van der Waals surface area (Å²) in [4.78, 5) is 11.1. The van der Waals surface area contributed by atoms with Crippen molar-refractivity contribution in [1.82, 2.24) is 5.32 Å². The van der Waals surface area contributed by atoms with Crippen molar-refractivity contribution >= 4 is 5.91 Å². The third-order valence-corrected chi connectivity index (χ3v) is 1.60. The summed E-state index contributed by atoms with van der Waals surface area (Å²) in [6.07, 6.45) is 10.8. The molecule has 0 aliphatic heterocycles. The normalized spacial score (nSPS) is 11.7. The summed E-state index contributed by atoms with van der Waals surface area (Å²) in [7, 11) is 0. The fraction of sp³-hybridized carbons (Fsp3) is 0.583. The van der Waals surface area contributed by atoms with E-state index in [1.54, 1.807) is 6.08 Å². The van der Waals surface area contributed by atoms with Gasteiger partial charge in [-0.25, -0.2) is 0 Å². The van der Waals surface area contributed by atoms with Gasteiger partial charge in [0.15, 0.2) is 0 Å². The third kappa shape index (κ3) is 9.04. The van der Waals surface area contributed by atoms with Gasteiger partial charge in [0.05, 0.1) is 0 Å². The molecule has 0 aliphatic carbocycles. The van der Waals surface area contributed by atoms with E-state index in [0.717, 1.165) is 19.3 Å². The fourth-order valence-corrected chi connectivity index (χ4v) is 1.000. The topological polar surface area (TPSA) is 29.1 Å². The first-order valence-corrected chi connectivity index (χ1v) is 5.28. The Morgan fingerprint density at radius 2 is 1.86 bits per heavy atom. The highest BCUT2D eigenvalue weighted by atomic mass is 16.1. The zero-order valence-electron chi connectivity index (χ0n) is 9.42. The predicted molar refractivity (Wildman–Crippen MR) is 61.1 cm³/mol. The molecule has 0 bridgehead atoms. The highest BCUT2D eigenvalue weighted by Gasteiger charge is 1.95. The molecule has 0 fully saturated rings. The zero-order chi connectivity index (χ0) is 10.8. The Morgan fingerprint density at radius 3 is 2.43 bits per heavy atom. The summed E-state index contributed by atoms with van der Waals surface area (Å²) < 4.78 is 0. The molecular formula is C12H21NO. The van der Waals surface area contributed by atoms with Gasteiger partial charge in [-0.05, 0) is 39.2 Å². The van der Waals surface area contributed by atoms with Gasteiger partial charge >= 0.3 is 0 Å². The van der Waals surface area contributed by atoms with Crippen LogP contribution in [0, 0.1) is 0 Å². The van der Waals surface area contributed by atoms with Crippen LogP contribution in [-0.4, -0.2) is 11.9 Å². The van der Waals surface area contributed by atoms with Crippen molar-refractivity contribution in [1.29, 1.82) is 0 Å². The van der Waals surface area contributed by atoms with E-state index in [9.17, 15) is 4.79 Å². The first kappa shape index (κ1) is 12.9. The summed E-state index contributed by atoms with van der Waals surface area (Å²) in [6.45, 7) is 6.02. The van der Waals surface area contributed by atoms with Crippen molar-refractivity contribution in [3.05, 3.63) is 24.3 Å². The number of carbonyl (C=O) groups is 1. The molecule has 1 amide bonds.